The van der Waals surface area contributed by atoms with E-state index < -0.39 is 5.92 Å². The van der Waals surface area contributed by atoms with Crippen LogP contribution in [0.15, 0.2) is 101 Å². The highest BCUT2D eigenvalue weighted by molar-refractivity contribution is 6.31. The van der Waals surface area contributed by atoms with E-state index >= 15 is 0 Å². The summed E-state index contributed by atoms with van der Waals surface area (Å²) in [6.07, 6.45) is 0. The lowest BCUT2D eigenvalue weighted by Gasteiger charge is -2.19. The van der Waals surface area contributed by atoms with Crippen LogP contribution in [0.4, 0.5) is 5.69 Å². The third kappa shape index (κ3) is 4.26. The Balaban J connectivity index is 1.50. The van der Waals surface area contributed by atoms with E-state index in [2.05, 4.69) is 10.3 Å². The normalized spacial score (nSPS) is 11.1. The summed E-state index contributed by atoms with van der Waals surface area (Å²) in [5.41, 5.74) is 5.64. The maximum absolute atomic E-state index is 13.5. The minimum atomic E-state index is -0.429. The number of hydrogen-bond acceptors (Lipinski definition) is 3. The molecule has 0 saturated carbocycles. The molecular formula is C28H21ClN2O2. The van der Waals surface area contributed by atoms with Gasteiger partial charge in [-0.05, 0) is 53.9 Å². The summed E-state index contributed by atoms with van der Waals surface area (Å²) >= 11 is 6.09. The number of oxazole rings is 1. The van der Waals surface area contributed by atoms with Gasteiger partial charge in [-0.25, -0.2) is 4.98 Å². The van der Waals surface area contributed by atoms with Gasteiger partial charge in [-0.2, -0.15) is 0 Å². The predicted molar refractivity (Wildman–Crippen MR) is 133 cm³/mol. The topological polar surface area (TPSA) is 55.1 Å². The third-order valence-electron chi connectivity index (χ3n) is 5.70. The first kappa shape index (κ1) is 21.0. The summed E-state index contributed by atoms with van der Waals surface area (Å²) in [7, 11) is 0. The van der Waals surface area contributed by atoms with E-state index in [0.717, 1.165) is 27.9 Å². The van der Waals surface area contributed by atoms with Crippen LogP contribution in [-0.2, 0) is 4.79 Å². The smallest absolute Gasteiger partial charge is 0.236 e. The van der Waals surface area contributed by atoms with Crippen molar-refractivity contribution in [3.8, 4) is 11.5 Å². The molecule has 0 aliphatic rings. The lowest BCUT2D eigenvalue weighted by atomic mass is 9.90. The van der Waals surface area contributed by atoms with Crippen molar-refractivity contribution in [2.24, 2.45) is 0 Å². The Bertz CT molecular complexity index is 1390. The molecule has 0 aliphatic carbocycles. The summed E-state index contributed by atoms with van der Waals surface area (Å²) in [5.74, 6) is -0.0394. The van der Waals surface area contributed by atoms with Gasteiger partial charge in [0.2, 0.25) is 11.8 Å². The van der Waals surface area contributed by atoms with Crippen molar-refractivity contribution in [3.63, 3.8) is 0 Å². The van der Waals surface area contributed by atoms with E-state index in [1.54, 1.807) is 18.2 Å². The monoisotopic (exact) mass is 452 g/mol. The van der Waals surface area contributed by atoms with Crippen LogP contribution in [0.2, 0.25) is 5.02 Å². The van der Waals surface area contributed by atoms with Gasteiger partial charge in [-0.15, -0.1) is 0 Å². The van der Waals surface area contributed by atoms with Gasteiger partial charge in [0.15, 0.2) is 5.58 Å². The predicted octanol–water partition coefficient (Wildman–Crippen LogP) is 7.23. The Morgan fingerprint density at radius 2 is 1.55 bits per heavy atom. The number of aromatic nitrogens is 1. The molecule has 1 amide bonds. The zero-order valence-corrected chi connectivity index (χ0v) is 18.7. The zero-order valence-electron chi connectivity index (χ0n) is 18.0. The fourth-order valence-corrected chi connectivity index (χ4v) is 4.18. The molecule has 1 aromatic heterocycles. The van der Waals surface area contributed by atoms with E-state index in [9.17, 15) is 4.79 Å². The molecule has 5 aromatic rings. The number of halogens is 1. The number of anilines is 1. The van der Waals surface area contributed by atoms with Gasteiger partial charge in [-0.3, -0.25) is 4.79 Å². The first-order valence-electron chi connectivity index (χ1n) is 10.7. The first-order valence-corrected chi connectivity index (χ1v) is 11.0. The quantitative estimate of drug-likeness (QED) is 0.306. The van der Waals surface area contributed by atoms with Crippen LogP contribution >= 0.6 is 11.6 Å². The number of nitrogens with zero attached hydrogens (tertiary/aromatic N) is 1. The molecule has 4 aromatic carbocycles. The fourth-order valence-electron chi connectivity index (χ4n) is 4.01. The summed E-state index contributed by atoms with van der Waals surface area (Å²) in [6, 6.07) is 30.7. The van der Waals surface area contributed by atoms with Gasteiger partial charge in [0, 0.05) is 16.3 Å². The number of hydrogen-bond donors (Lipinski definition) is 1. The molecule has 162 valence electrons. The molecule has 0 aliphatic heterocycles. The molecule has 0 spiro atoms. The van der Waals surface area contributed by atoms with Crippen molar-refractivity contribution in [3.05, 3.63) is 119 Å². The minimum absolute atomic E-state index is 0.100. The number of rotatable bonds is 5. The highest BCUT2D eigenvalue weighted by Gasteiger charge is 2.24. The lowest BCUT2D eigenvalue weighted by molar-refractivity contribution is -0.116. The SMILES string of the molecule is Cc1c(NC(=O)C(c2ccccc2)c2ccccc2)cccc1-c1nc2cc(Cl)ccc2o1. The molecule has 5 heteroatoms. The second-order valence-electron chi connectivity index (χ2n) is 7.85. The van der Waals surface area contributed by atoms with Crippen molar-refractivity contribution in [2.45, 2.75) is 12.8 Å². The largest absolute Gasteiger partial charge is 0.436 e. The molecule has 1 heterocycles. The molecule has 0 unspecified atom stereocenters. The summed E-state index contributed by atoms with van der Waals surface area (Å²) in [4.78, 5) is 18.1. The lowest BCUT2D eigenvalue weighted by Crippen LogP contribution is -2.22. The van der Waals surface area contributed by atoms with Crippen molar-refractivity contribution in [2.75, 3.05) is 5.32 Å². The van der Waals surface area contributed by atoms with Crippen LogP contribution in [0.3, 0.4) is 0 Å². The molecule has 0 bridgehead atoms. The summed E-state index contributed by atoms with van der Waals surface area (Å²) in [6.45, 7) is 1.95. The highest BCUT2D eigenvalue weighted by Crippen LogP contribution is 2.33. The van der Waals surface area contributed by atoms with Gasteiger partial charge >= 0.3 is 0 Å². The van der Waals surface area contributed by atoms with E-state index in [1.165, 1.54) is 0 Å². The van der Waals surface area contributed by atoms with Gasteiger partial charge < -0.3 is 9.73 Å². The number of fused-ring (bicyclic) bond motifs is 1. The second kappa shape index (κ2) is 8.93. The number of carbonyl (C=O) groups excluding carboxylic acids is 1. The molecule has 0 radical (unpaired) electrons. The Kier molecular flexibility index (Phi) is 5.68. The number of carbonyl (C=O) groups is 1. The maximum atomic E-state index is 13.5. The Hall–Kier alpha value is -3.89. The molecule has 1 N–H and O–H groups in total. The van der Waals surface area contributed by atoms with Crippen molar-refractivity contribution < 1.29 is 9.21 Å². The van der Waals surface area contributed by atoms with Crippen molar-refractivity contribution in [1.82, 2.24) is 4.98 Å². The van der Waals surface area contributed by atoms with Crippen molar-refractivity contribution in [1.29, 1.82) is 0 Å². The number of benzene rings is 4. The van der Waals surface area contributed by atoms with Gasteiger partial charge in [0.25, 0.3) is 0 Å². The van der Waals surface area contributed by atoms with E-state index in [-0.39, 0.29) is 5.91 Å². The van der Waals surface area contributed by atoms with Crippen LogP contribution < -0.4 is 5.32 Å². The number of amides is 1. The molecule has 5 rings (SSSR count). The highest BCUT2D eigenvalue weighted by atomic mass is 35.5. The molecular weight excluding hydrogens is 432 g/mol. The fraction of sp³-hybridized carbons (Fsp3) is 0.0714. The van der Waals surface area contributed by atoms with Crippen LogP contribution in [0.5, 0.6) is 0 Å². The first-order chi connectivity index (χ1) is 16.1. The average Bonchev–Trinajstić information content (AvgIpc) is 3.25. The van der Waals surface area contributed by atoms with Crippen LogP contribution in [-0.4, -0.2) is 10.9 Å². The molecule has 0 atom stereocenters. The maximum Gasteiger partial charge on any atom is 0.236 e. The van der Waals surface area contributed by atoms with E-state index in [1.807, 2.05) is 85.8 Å². The Morgan fingerprint density at radius 3 is 2.21 bits per heavy atom. The molecule has 33 heavy (non-hydrogen) atoms. The number of nitrogens with one attached hydrogen (secondary N) is 1. The molecule has 0 fully saturated rings. The van der Waals surface area contributed by atoms with Crippen LogP contribution in [0, 0.1) is 6.92 Å². The average molecular weight is 453 g/mol. The Labute approximate surface area is 196 Å². The van der Waals surface area contributed by atoms with Crippen LogP contribution in [0.25, 0.3) is 22.6 Å². The van der Waals surface area contributed by atoms with Gasteiger partial charge in [-0.1, -0.05) is 78.3 Å². The zero-order chi connectivity index (χ0) is 22.8. The third-order valence-corrected chi connectivity index (χ3v) is 5.93. The van der Waals surface area contributed by atoms with Gasteiger partial charge in [0.05, 0.1) is 5.92 Å². The van der Waals surface area contributed by atoms with Gasteiger partial charge in [0.1, 0.15) is 5.52 Å². The summed E-state index contributed by atoms with van der Waals surface area (Å²) < 4.78 is 5.95. The minimum Gasteiger partial charge on any atom is -0.436 e. The Morgan fingerprint density at radius 1 is 0.879 bits per heavy atom. The standard InChI is InChI=1S/C28H21ClN2O2/c1-18-22(28-31-24-17-21(29)15-16-25(24)33-28)13-8-14-23(18)30-27(32)26(19-9-4-2-5-10-19)20-11-6-3-7-12-20/h2-17,26H,1H3,(H,30,32). The van der Waals surface area contributed by atoms with E-state index in [0.29, 0.717) is 22.0 Å². The van der Waals surface area contributed by atoms with E-state index in [4.69, 9.17) is 16.0 Å². The van der Waals surface area contributed by atoms with Crippen LogP contribution in [0.1, 0.15) is 22.6 Å². The molecule has 0 saturated heterocycles. The summed E-state index contributed by atoms with van der Waals surface area (Å²) in [5, 5.41) is 3.74. The molecule has 4 nitrogen and oxygen atoms in total. The van der Waals surface area contributed by atoms with Crippen molar-refractivity contribution >= 4 is 34.3 Å². The second-order valence-corrected chi connectivity index (χ2v) is 8.29.